The van der Waals surface area contributed by atoms with E-state index in [9.17, 15) is 19.5 Å². The highest BCUT2D eigenvalue weighted by Crippen LogP contribution is 2.28. The molecule has 1 aliphatic rings. The van der Waals surface area contributed by atoms with Crippen LogP contribution in [0.15, 0.2) is 66.7 Å². The summed E-state index contributed by atoms with van der Waals surface area (Å²) in [5.74, 6) is -0.650. The Labute approximate surface area is 245 Å². The number of nitrogens with zero attached hydrogens (tertiary/aromatic N) is 1. The van der Waals surface area contributed by atoms with Gasteiger partial charge in [-0.1, -0.05) is 36.4 Å². The molecule has 1 unspecified atom stereocenters. The molecule has 3 aromatic carbocycles. The number of ether oxygens (including phenoxy) is 2. The number of methoxy groups -OCH3 is 1. The van der Waals surface area contributed by atoms with E-state index >= 15 is 0 Å². The van der Waals surface area contributed by atoms with Crippen molar-refractivity contribution >= 4 is 47.4 Å². The summed E-state index contributed by atoms with van der Waals surface area (Å²) in [5.41, 5.74) is 4.33. The van der Waals surface area contributed by atoms with Crippen LogP contribution in [0.1, 0.15) is 29.2 Å². The molecule has 1 heterocycles. The number of amides is 3. The lowest BCUT2D eigenvalue weighted by atomic mass is 10.0. The maximum absolute atomic E-state index is 12.8. The van der Waals surface area contributed by atoms with Crippen molar-refractivity contribution in [2.75, 3.05) is 49.4 Å². The minimum atomic E-state index is -0.863. The molecule has 0 bridgehead atoms. The fourth-order valence-corrected chi connectivity index (χ4v) is 4.63. The predicted molar refractivity (Wildman–Crippen MR) is 160 cm³/mol. The summed E-state index contributed by atoms with van der Waals surface area (Å²) in [6.07, 6.45) is 0.0924. The van der Waals surface area contributed by atoms with Gasteiger partial charge in [-0.3, -0.25) is 14.5 Å². The molecule has 1 saturated heterocycles. The number of carboxylic acid groups (broad SMARTS) is 1. The summed E-state index contributed by atoms with van der Waals surface area (Å²) in [6, 6.07) is 19.2. The van der Waals surface area contributed by atoms with Crippen molar-refractivity contribution in [2.24, 2.45) is 0 Å². The molecule has 0 radical (unpaired) electrons. The van der Waals surface area contributed by atoms with Gasteiger partial charge in [0.05, 0.1) is 38.9 Å². The molecule has 4 rings (SSSR count). The molecule has 11 heteroatoms. The summed E-state index contributed by atoms with van der Waals surface area (Å²) in [7, 11) is 1.50. The van der Waals surface area contributed by atoms with Gasteiger partial charge >= 0.3 is 12.0 Å². The fraction of sp³-hybridized carbons (Fsp3) is 0.300. The average molecular weight is 583 g/mol. The molecule has 10 nitrogen and oxygen atoms in total. The zero-order valence-electron chi connectivity index (χ0n) is 23.0. The minimum absolute atomic E-state index is 0. The van der Waals surface area contributed by atoms with Gasteiger partial charge in [0.1, 0.15) is 5.75 Å². The van der Waals surface area contributed by atoms with Crippen molar-refractivity contribution in [1.82, 2.24) is 4.90 Å². The molecule has 3 aromatic rings. The lowest BCUT2D eigenvalue weighted by Gasteiger charge is -2.34. The van der Waals surface area contributed by atoms with Crippen LogP contribution in [0.25, 0.3) is 0 Å². The summed E-state index contributed by atoms with van der Waals surface area (Å²) in [6.45, 7) is 4.41. The number of carbonyl (C=O) groups is 3. The molecule has 0 aromatic heterocycles. The standard InChI is InChI=1S/C30H34N4O6.ClH/c1-20-5-3-4-6-24(20)32-30(38)33-25-12-7-21(17-27(25)39-2)18-28(35)31-23-10-8-22(9-11-23)26(19-29(36)37)34-13-15-40-16-14-34;/h3-12,17,26H,13-16,18-19H2,1-2H3,(H,31,35)(H,36,37)(H2,32,33,38);1H. The zero-order valence-corrected chi connectivity index (χ0v) is 23.8. The molecule has 0 aliphatic carbocycles. The van der Waals surface area contributed by atoms with Gasteiger partial charge in [0.2, 0.25) is 5.91 Å². The Morgan fingerprint density at radius 1 is 0.951 bits per heavy atom. The molecule has 4 N–H and O–H groups in total. The van der Waals surface area contributed by atoms with Gasteiger partial charge < -0.3 is 30.5 Å². The summed E-state index contributed by atoms with van der Waals surface area (Å²) in [5, 5.41) is 17.9. The third kappa shape index (κ3) is 8.94. The minimum Gasteiger partial charge on any atom is -0.495 e. The molecule has 218 valence electrons. The van der Waals surface area contributed by atoms with Crippen LogP contribution in [0.4, 0.5) is 21.9 Å². The van der Waals surface area contributed by atoms with Gasteiger partial charge in [-0.15, -0.1) is 12.4 Å². The summed E-state index contributed by atoms with van der Waals surface area (Å²) < 4.78 is 10.8. The van der Waals surface area contributed by atoms with E-state index in [0.717, 1.165) is 11.1 Å². The third-order valence-corrected chi connectivity index (χ3v) is 6.71. The number of benzene rings is 3. The highest BCUT2D eigenvalue weighted by molar-refractivity contribution is 6.01. The number of nitrogens with one attached hydrogen (secondary N) is 3. The van der Waals surface area contributed by atoms with Crippen LogP contribution in [0.2, 0.25) is 0 Å². The van der Waals surface area contributed by atoms with E-state index in [-0.39, 0.29) is 37.2 Å². The van der Waals surface area contributed by atoms with E-state index < -0.39 is 12.0 Å². The molecule has 0 spiro atoms. The summed E-state index contributed by atoms with van der Waals surface area (Å²) >= 11 is 0. The Bertz CT molecular complexity index is 1350. The Morgan fingerprint density at radius 3 is 2.29 bits per heavy atom. The zero-order chi connectivity index (χ0) is 28.5. The number of aliphatic carboxylic acids is 1. The first-order valence-corrected chi connectivity index (χ1v) is 13.1. The van der Waals surface area contributed by atoms with Crippen LogP contribution >= 0.6 is 12.4 Å². The van der Waals surface area contributed by atoms with Gasteiger partial charge in [0, 0.05) is 30.5 Å². The van der Waals surface area contributed by atoms with Crippen LogP contribution in [-0.2, 0) is 20.7 Å². The second-order valence-corrected chi connectivity index (χ2v) is 9.54. The SMILES string of the molecule is COc1cc(CC(=O)Nc2ccc(C(CC(=O)O)N3CCOCC3)cc2)ccc1NC(=O)Nc1ccccc1C.Cl. The maximum Gasteiger partial charge on any atom is 0.323 e. The number of urea groups is 1. The van der Waals surface area contributed by atoms with Crippen LogP contribution in [0, 0.1) is 6.92 Å². The van der Waals surface area contributed by atoms with Crippen LogP contribution in [0.3, 0.4) is 0 Å². The average Bonchev–Trinajstić information content (AvgIpc) is 2.94. The Kier molecular flexibility index (Phi) is 11.5. The van der Waals surface area contributed by atoms with Gasteiger partial charge in [0.15, 0.2) is 0 Å². The number of anilines is 3. The second kappa shape index (κ2) is 15.0. The first-order valence-electron chi connectivity index (χ1n) is 13.1. The van der Waals surface area contributed by atoms with Crippen molar-refractivity contribution in [3.05, 3.63) is 83.4 Å². The van der Waals surface area contributed by atoms with Gasteiger partial charge in [0.25, 0.3) is 0 Å². The van der Waals surface area contributed by atoms with Crippen molar-refractivity contribution in [2.45, 2.75) is 25.8 Å². The fourth-order valence-electron chi connectivity index (χ4n) is 4.63. The third-order valence-electron chi connectivity index (χ3n) is 6.71. The van der Waals surface area contributed by atoms with Gasteiger partial charge in [-0.05, 0) is 53.9 Å². The van der Waals surface area contributed by atoms with Crippen LogP contribution in [0.5, 0.6) is 5.75 Å². The molecule has 3 amide bonds. The highest BCUT2D eigenvalue weighted by Gasteiger charge is 2.25. The van der Waals surface area contributed by atoms with E-state index in [2.05, 4.69) is 20.9 Å². The van der Waals surface area contributed by atoms with Crippen molar-refractivity contribution in [3.8, 4) is 5.75 Å². The molecule has 1 aliphatic heterocycles. The van der Waals surface area contributed by atoms with Crippen LogP contribution < -0.4 is 20.7 Å². The molecule has 41 heavy (non-hydrogen) atoms. The second-order valence-electron chi connectivity index (χ2n) is 9.54. The van der Waals surface area contributed by atoms with Gasteiger partial charge in [-0.2, -0.15) is 0 Å². The number of hydrogen-bond donors (Lipinski definition) is 4. The normalized spacial score (nSPS) is 13.8. The topological polar surface area (TPSA) is 129 Å². The first-order chi connectivity index (χ1) is 19.3. The number of rotatable bonds is 10. The maximum atomic E-state index is 12.8. The lowest BCUT2D eigenvalue weighted by Crippen LogP contribution is -2.39. The predicted octanol–water partition coefficient (Wildman–Crippen LogP) is 5.10. The molecular formula is C30H35ClN4O6. The molecule has 0 saturated carbocycles. The van der Waals surface area contributed by atoms with Crippen molar-refractivity contribution in [3.63, 3.8) is 0 Å². The van der Waals surface area contributed by atoms with E-state index in [1.165, 1.54) is 7.11 Å². The summed E-state index contributed by atoms with van der Waals surface area (Å²) in [4.78, 5) is 38.8. The Balaban J connectivity index is 0.00000462. The molecular weight excluding hydrogens is 548 g/mol. The largest absolute Gasteiger partial charge is 0.495 e. The van der Waals surface area contributed by atoms with E-state index in [1.54, 1.807) is 30.3 Å². The van der Waals surface area contributed by atoms with E-state index in [1.807, 2.05) is 43.3 Å². The number of aryl methyl sites for hydroxylation is 1. The smallest absolute Gasteiger partial charge is 0.323 e. The van der Waals surface area contributed by atoms with Gasteiger partial charge in [-0.25, -0.2) is 4.79 Å². The quantitative estimate of drug-likeness (QED) is 0.262. The molecule has 1 atom stereocenters. The Hall–Kier alpha value is -4.12. The van der Waals surface area contributed by atoms with E-state index in [0.29, 0.717) is 54.7 Å². The number of hydrogen-bond acceptors (Lipinski definition) is 6. The lowest BCUT2D eigenvalue weighted by molar-refractivity contribution is -0.139. The monoisotopic (exact) mass is 582 g/mol. The number of carbonyl (C=O) groups excluding carboxylic acids is 2. The number of para-hydroxylation sites is 1. The van der Waals surface area contributed by atoms with Crippen molar-refractivity contribution < 1.29 is 29.0 Å². The molecule has 1 fully saturated rings. The van der Waals surface area contributed by atoms with Crippen LogP contribution in [-0.4, -0.2) is 61.3 Å². The van der Waals surface area contributed by atoms with E-state index in [4.69, 9.17) is 9.47 Å². The Morgan fingerprint density at radius 2 is 1.63 bits per heavy atom. The number of morpholine rings is 1. The number of carboxylic acids is 1. The number of halogens is 1. The highest BCUT2D eigenvalue weighted by atomic mass is 35.5. The first kappa shape index (κ1) is 31.4. The van der Waals surface area contributed by atoms with Crippen molar-refractivity contribution in [1.29, 1.82) is 0 Å².